The van der Waals surface area contributed by atoms with E-state index < -0.39 is 0 Å². The molecule has 0 bridgehead atoms. The second-order valence-electron chi connectivity index (χ2n) is 8.44. The second kappa shape index (κ2) is 7.64. The van der Waals surface area contributed by atoms with E-state index in [1.54, 1.807) is 23.1 Å². The van der Waals surface area contributed by atoms with Gasteiger partial charge in [0.25, 0.3) is 0 Å². The lowest BCUT2D eigenvalue weighted by molar-refractivity contribution is 0.0841. The predicted molar refractivity (Wildman–Crippen MR) is 119 cm³/mol. The molecule has 0 aliphatic carbocycles. The van der Waals surface area contributed by atoms with Crippen molar-refractivity contribution >= 4 is 40.2 Å². The smallest absolute Gasteiger partial charge is 0.181 e. The summed E-state index contributed by atoms with van der Waals surface area (Å²) in [6, 6.07) is 5.44. The van der Waals surface area contributed by atoms with Crippen LogP contribution in [0.1, 0.15) is 26.2 Å². The second-order valence-corrected chi connectivity index (χ2v) is 9.22. The fraction of sp³-hybridized carbons (Fsp3) is 0.476. The lowest BCUT2D eigenvalue weighted by atomic mass is 9.88. The number of benzene rings is 1. The summed E-state index contributed by atoms with van der Waals surface area (Å²) in [5.74, 6) is 0.864. The predicted octanol–water partition coefficient (Wildman–Crippen LogP) is 3.55. The van der Waals surface area contributed by atoms with Crippen LogP contribution >= 0.6 is 23.2 Å². The number of hydrogen-bond acceptors (Lipinski definition) is 6. The number of aliphatic hydroxyl groups excluding tert-OH is 1. The Morgan fingerprint density at radius 3 is 2.67 bits per heavy atom. The first-order valence-electron chi connectivity index (χ1n) is 10.3. The van der Waals surface area contributed by atoms with Gasteiger partial charge < -0.3 is 10.0 Å². The Bertz CT molecular complexity index is 1080. The van der Waals surface area contributed by atoms with Gasteiger partial charge in [0, 0.05) is 31.7 Å². The van der Waals surface area contributed by atoms with Gasteiger partial charge in [-0.2, -0.15) is 5.10 Å². The van der Waals surface area contributed by atoms with E-state index in [0.29, 0.717) is 21.4 Å². The summed E-state index contributed by atoms with van der Waals surface area (Å²) >= 11 is 12.5. The third-order valence-electron chi connectivity index (χ3n) is 6.51. The first kappa shape index (κ1) is 20.0. The van der Waals surface area contributed by atoms with Gasteiger partial charge in [-0.05, 0) is 38.3 Å². The Kier molecular flexibility index (Phi) is 5.09. The summed E-state index contributed by atoms with van der Waals surface area (Å²) in [6.07, 6.45) is 6.29. The number of aliphatic hydroxyl groups is 1. The van der Waals surface area contributed by atoms with Gasteiger partial charge in [-0.25, -0.2) is 14.6 Å². The highest BCUT2D eigenvalue weighted by atomic mass is 35.5. The van der Waals surface area contributed by atoms with Gasteiger partial charge in [-0.1, -0.05) is 29.3 Å². The van der Waals surface area contributed by atoms with Gasteiger partial charge >= 0.3 is 0 Å². The van der Waals surface area contributed by atoms with Crippen LogP contribution in [0, 0.1) is 0 Å². The maximum Gasteiger partial charge on any atom is 0.181 e. The normalized spacial score (nSPS) is 22.1. The lowest BCUT2D eigenvalue weighted by Gasteiger charge is -2.45. The first-order valence-corrected chi connectivity index (χ1v) is 11.0. The molecule has 4 heterocycles. The van der Waals surface area contributed by atoms with Crippen molar-refractivity contribution in [2.45, 2.75) is 37.8 Å². The number of hydrogen-bond donors (Lipinski definition) is 1. The van der Waals surface area contributed by atoms with Crippen molar-refractivity contribution < 1.29 is 5.11 Å². The van der Waals surface area contributed by atoms with Crippen molar-refractivity contribution in [2.24, 2.45) is 0 Å². The highest BCUT2D eigenvalue weighted by Crippen LogP contribution is 2.34. The van der Waals surface area contributed by atoms with E-state index in [1.807, 2.05) is 12.1 Å². The van der Waals surface area contributed by atoms with Gasteiger partial charge in [-0.15, -0.1) is 0 Å². The lowest BCUT2D eigenvalue weighted by Crippen LogP contribution is -2.53. The van der Waals surface area contributed by atoms with Crippen molar-refractivity contribution in [3.05, 3.63) is 40.6 Å². The molecule has 0 radical (unpaired) electrons. The maximum atomic E-state index is 9.90. The quantitative estimate of drug-likeness (QED) is 0.663. The SMILES string of the molecule is CC1(N2CC[C@@H](O)C2)CCN(c2cnc3c(cnn3-c3cccc(Cl)c3Cl)n2)CC1. The fourth-order valence-corrected chi connectivity index (χ4v) is 4.93. The summed E-state index contributed by atoms with van der Waals surface area (Å²) in [4.78, 5) is 14.2. The van der Waals surface area contributed by atoms with Crippen molar-refractivity contribution in [1.29, 1.82) is 0 Å². The van der Waals surface area contributed by atoms with E-state index >= 15 is 0 Å². The van der Waals surface area contributed by atoms with Gasteiger partial charge in [0.2, 0.25) is 0 Å². The highest BCUT2D eigenvalue weighted by molar-refractivity contribution is 6.43. The van der Waals surface area contributed by atoms with E-state index in [4.69, 9.17) is 28.2 Å². The minimum atomic E-state index is -0.183. The zero-order chi connectivity index (χ0) is 20.9. The molecule has 1 N–H and O–H groups in total. The molecule has 2 saturated heterocycles. The molecule has 0 spiro atoms. The van der Waals surface area contributed by atoms with Crippen molar-refractivity contribution in [3.63, 3.8) is 0 Å². The third-order valence-corrected chi connectivity index (χ3v) is 7.32. The van der Waals surface area contributed by atoms with Gasteiger partial charge in [0.1, 0.15) is 11.3 Å². The average Bonchev–Trinajstić information content (AvgIpc) is 3.37. The van der Waals surface area contributed by atoms with E-state index in [1.165, 1.54) is 0 Å². The third kappa shape index (κ3) is 3.43. The van der Waals surface area contributed by atoms with Crippen LogP contribution in [0.4, 0.5) is 5.82 Å². The van der Waals surface area contributed by atoms with Crippen LogP contribution in [-0.4, -0.2) is 67.6 Å². The molecule has 2 aliphatic heterocycles. The van der Waals surface area contributed by atoms with E-state index in [9.17, 15) is 5.11 Å². The zero-order valence-corrected chi connectivity index (χ0v) is 18.3. The number of β-amino-alcohol motifs (C(OH)–C–C–N with tert-alkyl or cyclic N) is 1. The largest absolute Gasteiger partial charge is 0.392 e. The van der Waals surface area contributed by atoms with Crippen LogP contribution in [0.5, 0.6) is 0 Å². The number of rotatable bonds is 3. The highest BCUT2D eigenvalue weighted by Gasteiger charge is 2.39. The van der Waals surface area contributed by atoms with Crippen LogP contribution in [-0.2, 0) is 0 Å². The van der Waals surface area contributed by atoms with Crippen LogP contribution in [0.3, 0.4) is 0 Å². The van der Waals surface area contributed by atoms with Gasteiger partial charge in [-0.3, -0.25) is 4.90 Å². The molecule has 2 aromatic heterocycles. The van der Waals surface area contributed by atoms with E-state index in [0.717, 1.165) is 56.8 Å². The standard InChI is InChI=1S/C21H24Cl2N6O/c1-21(28-8-5-14(30)13-28)6-9-27(10-7-21)18-12-24-20-16(26-18)11-25-29(20)17-4-2-3-15(22)19(17)23/h2-4,11-12,14,30H,5-10,13H2,1H3/t14-/m1/s1. The number of anilines is 1. The molecule has 2 aliphatic rings. The summed E-state index contributed by atoms with van der Waals surface area (Å²) < 4.78 is 1.67. The Morgan fingerprint density at radius 2 is 1.93 bits per heavy atom. The molecule has 30 heavy (non-hydrogen) atoms. The topological polar surface area (TPSA) is 70.3 Å². The molecule has 7 nitrogen and oxygen atoms in total. The van der Waals surface area contributed by atoms with Crippen molar-refractivity contribution in [2.75, 3.05) is 31.1 Å². The summed E-state index contributed by atoms with van der Waals surface area (Å²) in [6.45, 7) is 5.91. The van der Waals surface area contributed by atoms with Crippen molar-refractivity contribution in [3.8, 4) is 5.69 Å². The van der Waals surface area contributed by atoms with Gasteiger partial charge in [0.05, 0.1) is 34.2 Å². The zero-order valence-electron chi connectivity index (χ0n) is 16.8. The molecule has 0 unspecified atom stereocenters. The molecule has 0 amide bonds. The number of halogens is 2. The van der Waals surface area contributed by atoms with E-state index in [-0.39, 0.29) is 11.6 Å². The Hall–Kier alpha value is -1.93. The number of piperidine rings is 1. The fourth-order valence-electron chi connectivity index (χ4n) is 4.55. The van der Waals surface area contributed by atoms with Gasteiger partial charge in [0.15, 0.2) is 5.65 Å². The molecule has 2 fully saturated rings. The molecule has 158 valence electrons. The molecule has 1 atom stereocenters. The molecule has 5 rings (SSSR count). The molecular formula is C21H24Cl2N6O. The summed E-state index contributed by atoms with van der Waals surface area (Å²) in [7, 11) is 0. The van der Waals surface area contributed by atoms with E-state index in [2.05, 4.69) is 26.8 Å². The Labute approximate surface area is 185 Å². The molecule has 1 aromatic carbocycles. The minimum Gasteiger partial charge on any atom is -0.392 e. The van der Waals surface area contributed by atoms with Crippen molar-refractivity contribution in [1.82, 2.24) is 24.6 Å². The summed E-state index contributed by atoms with van der Waals surface area (Å²) in [5, 5.41) is 15.3. The molecular weight excluding hydrogens is 423 g/mol. The van der Waals surface area contributed by atoms with Crippen LogP contribution < -0.4 is 4.90 Å². The first-order chi connectivity index (χ1) is 14.4. The average molecular weight is 447 g/mol. The van der Waals surface area contributed by atoms with Crippen LogP contribution in [0.2, 0.25) is 10.0 Å². The Morgan fingerprint density at radius 1 is 1.13 bits per heavy atom. The number of likely N-dealkylation sites (tertiary alicyclic amines) is 1. The molecule has 9 heteroatoms. The molecule has 0 saturated carbocycles. The monoisotopic (exact) mass is 446 g/mol. The molecule has 3 aromatic rings. The summed E-state index contributed by atoms with van der Waals surface area (Å²) in [5.41, 5.74) is 2.19. The van der Waals surface area contributed by atoms with Crippen LogP contribution in [0.15, 0.2) is 30.6 Å². The number of fused-ring (bicyclic) bond motifs is 1. The number of aromatic nitrogens is 4. The maximum absolute atomic E-state index is 9.90. The van der Waals surface area contributed by atoms with Crippen LogP contribution in [0.25, 0.3) is 16.9 Å². The number of nitrogens with zero attached hydrogens (tertiary/aromatic N) is 6. The Balaban J connectivity index is 1.36. The minimum absolute atomic E-state index is 0.139.